The van der Waals surface area contributed by atoms with Crippen LogP contribution in [-0.4, -0.2) is 18.0 Å². The molecule has 0 spiro atoms. The molecule has 0 unspecified atom stereocenters. The Morgan fingerprint density at radius 3 is 2.67 bits per heavy atom. The lowest BCUT2D eigenvalue weighted by Gasteiger charge is -2.06. The number of hydrogen-bond donors (Lipinski definition) is 2. The number of H-pyrrole nitrogens is 1. The molecule has 5 nitrogen and oxygen atoms in total. The number of nitrogens with zero attached hydrogens (tertiary/aromatic N) is 1. The Bertz CT molecular complexity index is 934. The Labute approximate surface area is 139 Å². The van der Waals surface area contributed by atoms with E-state index in [-0.39, 0.29) is 12.3 Å². The second-order valence-electron chi connectivity index (χ2n) is 5.55. The quantitative estimate of drug-likeness (QED) is 0.772. The number of hydrogen-bond acceptors (Lipinski definition) is 3. The van der Waals surface area contributed by atoms with Gasteiger partial charge in [-0.3, -0.25) is 4.79 Å². The van der Waals surface area contributed by atoms with Crippen molar-refractivity contribution in [1.82, 2.24) is 4.98 Å². The largest absolute Gasteiger partial charge is 0.497 e. The maximum Gasteiger partial charge on any atom is 0.228 e. The van der Waals surface area contributed by atoms with E-state index < -0.39 is 0 Å². The fourth-order valence-electron chi connectivity index (χ4n) is 2.71. The molecule has 2 aromatic carbocycles. The van der Waals surface area contributed by atoms with E-state index in [1.165, 1.54) is 0 Å². The number of rotatable bonds is 4. The summed E-state index contributed by atoms with van der Waals surface area (Å²) in [4.78, 5) is 15.7. The van der Waals surface area contributed by atoms with Gasteiger partial charge in [-0.05, 0) is 55.0 Å². The number of aromatic amines is 1. The lowest BCUT2D eigenvalue weighted by atomic mass is 10.1. The molecule has 3 rings (SSSR count). The maximum atomic E-state index is 12.4. The van der Waals surface area contributed by atoms with Crippen molar-refractivity contribution in [2.24, 2.45) is 0 Å². The molecule has 1 heterocycles. The van der Waals surface area contributed by atoms with Gasteiger partial charge in [0.25, 0.3) is 0 Å². The number of fused-ring (bicyclic) bond motifs is 1. The second kappa shape index (κ2) is 6.47. The van der Waals surface area contributed by atoms with Gasteiger partial charge >= 0.3 is 0 Å². The minimum Gasteiger partial charge on any atom is -0.497 e. The van der Waals surface area contributed by atoms with Crippen molar-refractivity contribution in [2.75, 3.05) is 12.4 Å². The third-order valence-electron chi connectivity index (χ3n) is 3.96. The number of ether oxygens (including phenoxy) is 1. The lowest BCUT2D eigenvalue weighted by Crippen LogP contribution is -2.14. The monoisotopic (exact) mass is 319 g/mol. The van der Waals surface area contributed by atoms with E-state index in [0.717, 1.165) is 27.9 Å². The highest BCUT2D eigenvalue weighted by molar-refractivity contribution is 5.96. The van der Waals surface area contributed by atoms with Crippen molar-refractivity contribution >= 4 is 22.5 Å². The maximum absolute atomic E-state index is 12.4. The smallest absolute Gasteiger partial charge is 0.228 e. The van der Waals surface area contributed by atoms with Crippen molar-refractivity contribution in [1.29, 1.82) is 5.26 Å². The zero-order valence-electron chi connectivity index (χ0n) is 13.5. The van der Waals surface area contributed by atoms with Crippen molar-refractivity contribution in [3.8, 4) is 11.8 Å². The van der Waals surface area contributed by atoms with Gasteiger partial charge in [0.15, 0.2) is 0 Å². The number of methoxy groups -OCH3 is 1. The molecule has 0 saturated heterocycles. The molecule has 0 radical (unpaired) electrons. The van der Waals surface area contributed by atoms with Crippen LogP contribution in [0.25, 0.3) is 10.9 Å². The summed E-state index contributed by atoms with van der Waals surface area (Å²) in [5, 5.41) is 12.7. The summed E-state index contributed by atoms with van der Waals surface area (Å²) in [6.45, 7) is 1.96. The van der Waals surface area contributed by atoms with Gasteiger partial charge in [0.2, 0.25) is 5.91 Å². The molecule has 3 aromatic rings. The van der Waals surface area contributed by atoms with E-state index in [0.29, 0.717) is 11.3 Å². The molecule has 0 aliphatic rings. The van der Waals surface area contributed by atoms with E-state index >= 15 is 0 Å². The highest BCUT2D eigenvalue weighted by Crippen LogP contribution is 2.27. The van der Waals surface area contributed by atoms with Crippen LogP contribution in [0.15, 0.2) is 42.5 Å². The predicted molar refractivity (Wildman–Crippen MR) is 93.1 cm³/mol. The van der Waals surface area contributed by atoms with Gasteiger partial charge in [-0.1, -0.05) is 0 Å². The predicted octanol–water partition coefficient (Wildman–Crippen LogP) is 3.54. The minimum absolute atomic E-state index is 0.105. The molecular weight excluding hydrogens is 302 g/mol. The van der Waals surface area contributed by atoms with Crippen LogP contribution in [0.2, 0.25) is 0 Å². The van der Waals surface area contributed by atoms with Crippen molar-refractivity contribution in [3.05, 3.63) is 59.3 Å². The lowest BCUT2D eigenvalue weighted by molar-refractivity contribution is -0.115. The van der Waals surface area contributed by atoms with Crippen LogP contribution in [0.3, 0.4) is 0 Å². The normalized spacial score (nSPS) is 10.4. The SMILES string of the molecule is COc1ccc2[nH]c(C)c(CC(=O)Nc3ccc(C#N)cc3)c2c1. The van der Waals surface area contributed by atoms with Crippen molar-refractivity contribution < 1.29 is 9.53 Å². The number of nitriles is 1. The molecule has 0 bridgehead atoms. The fourth-order valence-corrected chi connectivity index (χ4v) is 2.71. The first-order valence-corrected chi connectivity index (χ1v) is 7.56. The van der Waals surface area contributed by atoms with E-state index in [9.17, 15) is 4.79 Å². The standard InChI is InChI=1S/C19H17N3O2/c1-12-16(17-9-15(24-2)7-8-18(17)21-12)10-19(23)22-14-5-3-13(11-20)4-6-14/h3-9,21H,10H2,1-2H3,(H,22,23). The van der Waals surface area contributed by atoms with Gasteiger partial charge in [0.05, 0.1) is 25.2 Å². The van der Waals surface area contributed by atoms with Crippen LogP contribution < -0.4 is 10.1 Å². The molecular formula is C19H17N3O2. The van der Waals surface area contributed by atoms with Gasteiger partial charge in [-0.2, -0.15) is 5.26 Å². The number of anilines is 1. The van der Waals surface area contributed by atoms with Gasteiger partial charge in [0.1, 0.15) is 5.75 Å². The van der Waals surface area contributed by atoms with Crippen LogP contribution in [-0.2, 0) is 11.2 Å². The fraction of sp³-hybridized carbons (Fsp3) is 0.158. The van der Waals surface area contributed by atoms with Crippen LogP contribution in [0.4, 0.5) is 5.69 Å². The molecule has 0 saturated carbocycles. The van der Waals surface area contributed by atoms with Gasteiger partial charge < -0.3 is 15.0 Å². The second-order valence-corrected chi connectivity index (χ2v) is 5.55. The highest BCUT2D eigenvalue weighted by atomic mass is 16.5. The Balaban J connectivity index is 1.82. The topological polar surface area (TPSA) is 77.9 Å². The Morgan fingerprint density at radius 2 is 2.00 bits per heavy atom. The summed E-state index contributed by atoms with van der Waals surface area (Å²) in [6.07, 6.45) is 0.263. The number of amides is 1. The van der Waals surface area contributed by atoms with Crippen LogP contribution in [0, 0.1) is 18.3 Å². The Morgan fingerprint density at radius 1 is 1.25 bits per heavy atom. The average molecular weight is 319 g/mol. The van der Waals surface area contributed by atoms with Crippen molar-refractivity contribution in [3.63, 3.8) is 0 Å². The van der Waals surface area contributed by atoms with Gasteiger partial charge in [-0.15, -0.1) is 0 Å². The zero-order chi connectivity index (χ0) is 17.1. The van der Waals surface area contributed by atoms with Crippen molar-refractivity contribution in [2.45, 2.75) is 13.3 Å². The van der Waals surface area contributed by atoms with E-state index in [4.69, 9.17) is 10.00 Å². The first kappa shape index (κ1) is 15.6. The molecule has 1 amide bonds. The summed E-state index contributed by atoms with van der Waals surface area (Å²) in [5.74, 6) is 0.654. The molecule has 0 aliphatic heterocycles. The molecule has 1 aromatic heterocycles. The number of carbonyl (C=O) groups is 1. The summed E-state index contributed by atoms with van der Waals surface area (Å²) in [7, 11) is 1.62. The molecule has 0 aliphatic carbocycles. The van der Waals surface area contributed by atoms with E-state index in [1.807, 2.05) is 25.1 Å². The zero-order valence-corrected chi connectivity index (χ0v) is 13.5. The molecule has 2 N–H and O–H groups in total. The number of aryl methyl sites for hydroxylation is 1. The molecule has 5 heteroatoms. The van der Waals surface area contributed by atoms with Gasteiger partial charge in [-0.25, -0.2) is 0 Å². The summed E-state index contributed by atoms with van der Waals surface area (Å²) < 4.78 is 5.27. The minimum atomic E-state index is -0.105. The third-order valence-corrected chi connectivity index (χ3v) is 3.96. The molecule has 0 atom stereocenters. The molecule has 0 fully saturated rings. The molecule has 24 heavy (non-hydrogen) atoms. The summed E-state index contributed by atoms with van der Waals surface area (Å²) in [6, 6.07) is 14.6. The number of aromatic nitrogens is 1. The third kappa shape index (κ3) is 3.08. The molecule has 120 valence electrons. The number of carbonyl (C=O) groups excluding carboxylic acids is 1. The first-order valence-electron chi connectivity index (χ1n) is 7.56. The van der Waals surface area contributed by atoms with E-state index in [1.54, 1.807) is 31.4 Å². The van der Waals surface area contributed by atoms with Gasteiger partial charge in [0, 0.05) is 22.3 Å². The van der Waals surface area contributed by atoms with E-state index in [2.05, 4.69) is 16.4 Å². The Kier molecular flexibility index (Phi) is 4.21. The Hall–Kier alpha value is -3.26. The number of benzene rings is 2. The average Bonchev–Trinajstić information content (AvgIpc) is 2.90. The summed E-state index contributed by atoms with van der Waals surface area (Å²) in [5.41, 5.74) is 4.14. The van der Waals surface area contributed by atoms with Crippen LogP contribution in [0.1, 0.15) is 16.8 Å². The van der Waals surface area contributed by atoms with Crippen LogP contribution in [0.5, 0.6) is 5.75 Å². The summed E-state index contributed by atoms with van der Waals surface area (Å²) >= 11 is 0. The number of nitrogens with one attached hydrogen (secondary N) is 2. The highest BCUT2D eigenvalue weighted by Gasteiger charge is 2.13. The van der Waals surface area contributed by atoms with Crippen LogP contribution >= 0.6 is 0 Å². The first-order chi connectivity index (χ1) is 11.6.